The van der Waals surface area contributed by atoms with Crippen molar-refractivity contribution < 1.29 is 4.74 Å². The minimum Gasteiger partial charge on any atom is -0.497 e. The van der Waals surface area contributed by atoms with Crippen LogP contribution in [-0.4, -0.2) is 7.11 Å². The second-order valence-electron chi connectivity index (χ2n) is 3.44. The second-order valence-corrected chi connectivity index (χ2v) is 3.44. The quantitative estimate of drug-likeness (QED) is 0.734. The fraction of sp³-hybridized carbons (Fsp3) is 0.143. The van der Waals surface area contributed by atoms with Gasteiger partial charge < -0.3 is 4.74 Å². The van der Waals surface area contributed by atoms with Gasteiger partial charge in [0.15, 0.2) is 0 Å². The van der Waals surface area contributed by atoms with E-state index in [9.17, 15) is 0 Å². The molecule has 0 aliphatic carbocycles. The molecule has 0 heterocycles. The number of hydrogen-bond donors (Lipinski definition) is 0. The van der Waals surface area contributed by atoms with Crippen LogP contribution < -0.4 is 4.74 Å². The predicted octanol–water partition coefficient (Wildman–Crippen LogP) is 3.09. The van der Waals surface area contributed by atoms with Gasteiger partial charge in [0, 0.05) is 0 Å². The molecular weight excluding hydrogens is 184 g/mol. The Morgan fingerprint density at radius 1 is 1.07 bits per heavy atom. The monoisotopic (exact) mass is 197 g/mol. The predicted molar refractivity (Wildman–Crippen MR) is 61.1 cm³/mol. The summed E-state index contributed by atoms with van der Waals surface area (Å²) in [5, 5.41) is 0. The van der Waals surface area contributed by atoms with Gasteiger partial charge in [-0.2, -0.15) is 0 Å². The van der Waals surface area contributed by atoms with E-state index in [4.69, 9.17) is 4.74 Å². The largest absolute Gasteiger partial charge is 0.497 e. The van der Waals surface area contributed by atoms with Crippen molar-refractivity contribution in [2.45, 2.75) is 6.42 Å². The van der Waals surface area contributed by atoms with Gasteiger partial charge in [0.25, 0.3) is 0 Å². The van der Waals surface area contributed by atoms with Gasteiger partial charge in [0.05, 0.1) is 7.11 Å². The van der Waals surface area contributed by atoms with Crippen molar-refractivity contribution in [3.63, 3.8) is 0 Å². The van der Waals surface area contributed by atoms with Crippen molar-refractivity contribution in [1.82, 2.24) is 0 Å². The molecule has 0 saturated carbocycles. The highest BCUT2D eigenvalue weighted by molar-refractivity contribution is 5.31. The lowest BCUT2D eigenvalue weighted by Gasteiger charge is -2.04. The van der Waals surface area contributed by atoms with E-state index in [1.807, 2.05) is 24.3 Å². The topological polar surface area (TPSA) is 9.23 Å². The summed E-state index contributed by atoms with van der Waals surface area (Å²) in [5.74, 6) is 0.864. The Bertz CT molecular complexity index is 420. The van der Waals surface area contributed by atoms with Crippen molar-refractivity contribution >= 4 is 0 Å². The van der Waals surface area contributed by atoms with Gasteiger partial charge in [-0.3, -0.25) is 0 Å². The van der Waals surface area contributed by atoms with Crippen molar-refractivity contribution in [2.24, 2.45) is 0 Å². The SMILES string of the molecule is COc1c[c]cc(Cc2ccccc2)c1. The van der Waals surface area contributed by atoms with Crippen LogP contribution in [0.4, 0.5) is 0 Å². The molecule has 0 bridgehead atoms. The third-order valence-corrected chi connectivity index (χ3v) is 2.31. The number of hydrogen-bond acceptors (Lipinski definition) is 1. The molecule has 2 rings (SSSR count). The average Bonchev–Trinajstić information content (AvgIpc) is 2.31. The van der Waals surface area contributed by atoms with E-state index in [-0.39, 0.29) is 0 Å². The zero-order chi connectivity index (χ0) is 10.5. The molecule has 0 saturated heterocycles. The van der Waals surface area contributed by atoms with Gasteiger partial charge in [-0.1, -0.05) is 36.4 Å². The maximum Gasteiger partial charge on any atom is 0.119 e. The Morgan fingerprint density at radius 2 is 1.87 bits per heavy atom. The van der Waals surface area contributed by atoms with Crippen molar-refractivity contribution in [2.75, 3.05) is 7.11 Å². The highest BCUT2D eigenvalue weighted by atomic mass is 16.5. The molecule has 0 spiro atoms. The molecule has 0 unspecified atom stereocenters. The summed E-state index contributed by atoms with van der Waals surface area (Å²) < 4.78 is 5.16. The van der Waals surface area contributed by atoms with E-state index in [1.165, 1.54) is 11.1 Å². The lowest BCUT2D eigenvalue weighted by atomic mass is 10.1. The van der Waals surface area contributed by atoms with Crippen LogP contribution in [0.5, 0.6) is 5.75 Å². The highest BCUT2D eigenvalue weighted by Crippen LogP contribution is 2.15. The number of benzene rings is 2. The summed E-state index contributed by atoms with van der Waals surface area (Å²) in [6.07, 6.45) is 0.925. The number of methoxy groups -OCH3 is 1. The van der Waals surface area contributed by atoms with Crippen molar-refractivity contribution in [3.05, 3.63) is 65.7 Å². The molecule has 2 aromatic rings. The van der Waals surface area contributed by atoms with Gasteiger partial charge in [-0.25, -0.2) is 0 Å². The fourth-order valence-corrected chi connectivity index (χ4v) is 1.55. The van der Waals surface area contributed by atoms with Crippen LogP contribution in [0, 0.1) is 6.07 Å². The Kier molecular flexibility index (Phi) is 3.03. The molecule has 1 nitrogen and oxygen atoms in total. The van der Waals surface area contributed by atoms with Crippen molar-refractivity contribution in [3.8, 4) is 5.75 Å². The normalized spacial score (nSPS) is 9.93. The average molecular weight is 197 g/mol. The molecule has 1 radical (unpaired) electrons. The standard InChI is InChI=1S/C14H13O/c1-15-14-9-5-8-13(11-14)10-12-6-3-2-4-7-12/h2-4,6-9,11H,10H2,1H3. The Labute approximate surface area is 90.3 Å². The zero-order valence-electron chi connectivity index (χ0n) is 8.73. The number of ether oxygens (including phenoxy) is 1. The Morgan fingerprint density at radius 3 is 2.60 bits per heavy atom. The lowest BCUT2D eigenvalue weighted by Crippen LogP contribution is -1.89. The van der Waals surface area contributed by atoms with E-state index in [2.05, 4.69) is 30.3 Å². The fourth-order valence-electron chi connectivity index (χ4n) is 1.55. The van der Waals surface area contributed by atoms with Gasteiger partial charge in [0.2, 0.25) is 0 Å². The van der Waals surface area contributed by atoms with Gasteiger partial charge in [0.1, 0.15) is 5.75 Å². The third kappa shape index (κ3) is 2.59. The van der Waals surface area contributed by atoms with Gasteiger partial charge in [-0.05, 0) is 35.7 Å². The van der Waals surface area contributed by atoms with E-state index in [1.54, 1.807) is 7.11 Å². The summed E-state index contributed by atoms with van der Waals surface area (Å²) in [7, 11) is 1.68. The summed E-state index contributed by atoms with van der Waals surface area (Å²) in [4.78, 5) is 0. The molecule has 0 aromatic heterocycles. The molecule has 0 N–H and O–H groups in total. The molecule has 0 aliphatic heterocycles. The van der Waals surface area contributed by atoms with Crippen LogP contribution in [-0.2, 0) is 6.42 Å². The van der Waals surface area contributed by atoms with E-state index in [0.29, 0.717) is 0 Å². The van der Waals surface area contributed by atoms with Crippen LogP contribution in [0.25, 0.3) is 0 Å². The summed E-state index contributed by atoms with van der Waals surface area (Å²) in [5.41, 5.74) is 2.53. The minimum absolute atomic E-state index is 0.864. The minimum atomic E-state index is 0.864. The molecule has 0 atom stereocenters. The Hall–Kier alpha value is -1.76. The molecule has 1 heteroatoms. The highest BCUT2D eigenvalue weighted by Gasteiger charge is 1.97. The molecule has 15 heavy (non-hydrogen) atoms. The molecule has 0 amide bonds. The summed E-state index contributed by atoms with van der Waals surface area (Å²) >= 11 is 0. The Balaban J connectivity index is 2.17. The first-order chi connectivity index (χ1) is 7.38. The van der Waals surface area contributed by atoms with Crippen LogP contribution in [0.2, 0.25) is 0 Å². The van der Waals surface area contributed by atoms with Gasteiger partial charge in [-0.15, -0.1) is 0 Å². The smallest absolute Gasteiger partial charge is 0.119 e. The number of rotatable bonds is 3. The third-order valence-electron chi connectivity index (χ3n) is 2.31. The second kappa shape index (κ2) is 4.65. The lowest BCUT2D eigenvalue weighted by molar-refractivity contribution is 0.414. The first-order valence-corrected chi connectivity index (χ1v) is 4.96. The van der Waals surface area contributed by atoms with Crippen LogP contribution >= 0.6 is 0 Å². The molecule has 2 aromatic carbocycles. The van der Waals surface area contributed by atoms with Gasteiger partial charge >= 0.3 is 0 Å². The molecule has 0 fully saturated rings. The van der Waals surface area contributed by atoms with Crippen LogP contribution in [0.15, 0.2) is 48.5 Å². The van der Waals surface area contributed by atoms with E-state index in [0.717, 1.165) is 12.2 Å². The zero-order valence-corrected chi connectivity index (χ0v) is 8.73. The first-order valence-electron chi connectivity index (χ1n) is 4.96. The first kappa shape index (κ1) is 9.78. The molecule has 75 valence electrons. The maximum absolute atomic E-state index is 5.16. The van der Waals surface area contributed by atoms with Crippen LogP contribution in [0.3, 0.4) is 0 Å². The summed E-state index contributed by atoms with van der Waals surface area (Å²) in [6, 6.07) is 19.3. The van der Waals surface area contributed by atoms with Crippen molar-refractivity contribution in [1.29, 1.82) is 0 Å². The maximum atomic E-state index is 5.16. The summed E-state index contributed by atoms with van der Waals surface area (Å²) in [6.45, 7) is 0. The molecular formula is C14H13O. The van der Waals surface area contributed by atoms with Crippen LogP contribution in [0.1, 0.15) is 11.1 Å². The van der Waals surface area contributed by atoms with E-state index < -0.39 is 0 Å². The molecule has 0 aliphatic rings. The van der Waals surface area contributed by atoms with E-state index >= 15 is 0 Å².